The van der Waals surface area contributed by atoms with E-state index in [0.717, 1.165) is 55.0 Å². The maximum absolute atomic E-state index is 7.28. The van der Waals surface area contributed by atoms with Crippen molar-refractivity contribution in [2.24, 2.45) is 0 Å². The highest BCUT2D eigenvalue weighted by Crippen LogP contribution is 2.62. The zero-order chi connectivity index (χ0) is 39.8. The van der Waals surface area contributed by atoms with E-state index < -0.39 is 5.41 Å². The zero-order valence-electron chi connectivity index (χ0n) is 33.7. The van der Waals surface area contributed by atoms with Crippen LogP contribution in [0.3, 0.4) is 0 Å². The highest BCUT2D eigenvalue weighted by Gasteiger charge is 2.49. The molecule has 0 radical (unpaired) electrons. The Labute approximate surface area is 353 Å². The Bertz CT molecular complexity index is 3690. The van der Waals surface area contributed by atoms with Crippen LogP contribution in [0.25, 0.3) is 98.4 Å². The maximum Gasteiger partial charge on any atom is 0.144 e. The molecule has 0 saturated heterocycles. The van der Waals surface area contributed by atoms with Crippen LogP contribution < -0.4 is 0 Å². The number of furan rings is 2. The molecule has 288 valence electrons. The molecule has 2 aliphatic carbocycles. The van der Waals surface area contributed by atoms with Crippen LogP contribution in [-0.4, -0.2) is 0 Å². The Morgan fingerprint density at radius 1 is 0.393 bits per heavy atom. The molecule has 0 bridgehead atoms. The lowest BCUT2D eigenvalue weighted by Crippen LogP contribution is -2.28. The maximum atomic E-state index is 7.28. The fraction of sp³-hybridized carbons (Fsp3) is 0.119. The molecule has 1 saturated carbocycles. The summed E-state index contributed by atoms with van der Waals surface area (Å²) in [6.07, 6.45) is 6.49. The van der Waals surface area contributed by atoms with Gasteiger partial charge in [0.05, 0.1) is 5.41 Å². The van der Waals surface area contributed by atoms with Crippen LogP contribution >= 0.6 is 0 Å². The minimum atomic E-state index is -0.666. The van der Waals surface area contributed by atoms with E-state index in [1.54, 1.807) is 0 Å². The minimum Gasteiger partial charge on any atom is -0.455 e. The molecule has 1 fully saturated rings. The highest BCUT2D eigenvalue weighted by molar-refractivity contribution is 6.29. The largest absolute Gasteiger partial charge is 0.455 e. The van der Waals surface area contributed by atoms with Gasteiger partial charge in [-0.05, 0) is 108 Å². The second-order valence-corrected chi connectivity index (χ2v) is 17.6. The van der Waals surface area contributed by atoms with Crippen LogP contribution in [0.5, 0.6) is 0 Å². The first kappa shape index (κ1) is 33.6. The predicted molar refractivity (Wildman–Crippen MR) is 253 cm³/mol. The van der Waals surface area contributed by atoms with Gasteiger partial charge >= 0.3 is 0 Å². The lowest BCUT2D eigenvalue weighted by molar-refractivity contribution is 0.446. The van der Waals surface area contributed by atoms with Crippen molar-refractivity contribution in [3.05, 3.63) is 204 Å². The van der Waals surface area contributed by atoms with E-state index in [2.05, 4.69) is 176 Å². The Morgan fingerprint density at radius 3 is 1.82 bits per heavy atom. The summed E-state index contributed by atoms with van der Waals surface area (Å²) in [6.45, 7) is 0. The summed E-state index contributed by atoms with van der Waals surface area (Å²) in [5.41, 5.74) is 13.9. The second kappa shape index (κ2) is 12.4. The predicted octanol–water partition coefficient (Wildman–Crippen LogP) is 16.5. The van der Waals surface area contributed by atoms with Gasteiger partial charge in [0.1, 0.15) is 22.3 Å². The van der Waals surface area contributed by atoms with Gasteiger partial charge in [-0.2, -0.15) is 0 Å². The second-order valence-electron chi connectivity index (χ2n) is 17.6. The molecule has 10 aromatic carbocycles. The van der Waals surface area contributed by atoms with Gasteiger partial charge in [-0.1, -0.05) is 177 Å². The lowest BCUT2D eigenvalue weighted by atomic mass is 9.67. The molecule has 0 N–H and O–H groups in total. The normalized spacial score (nSPS) is 15.3. The van der Waals surface area contributed by atoms with Crippen LogP contribution in [0.4, 0.5) is 0 Å². The van der Waals surface area contributed by atoms with Crippen molar-refractivity contribution in [1.82, 2.24) is 0 Å². The molecule has 0 atom stereocenters. The molecule has 2 heterocycles. The van der Waals surface area contributed by atoms with E-state index in [9.17, 15) is 0 Å². The molecule has 2 heteroatoms. The molecule has 12 aromatic rings. The molecule has 0 amide bonds. The van der Waals surface area contributed by atoms with Crippen molar-refractivity contribution >= 4 is 76.2 Å². The topological polar surface area (TPSA) is 26.3 Å². The van der Waals surface area contributed by atoms with Crippen molar-refractivity contribution in [1.29, 1.82) is 0 Å². The fourth-order valence-electron chi connectivity index (χ4n) is 12.2. The van der Waals surface area contributed by atoms with Crippen LogP contribution in [0.15, 0.2) is 185 Å². The van der Waals surface area contributed by atoms with E-state index in [-0.39, 0.29) is 0 Å². The van der Waals surface area contributed by atoms with Gasteiger partial charge in [0, 0.05) is 32.7 Å². The average Bonchev–Trinajstić information content (AvgIpc) is 4.00. The van der Waals surface area contributed by atoms with E-state index >= 15 is 0 Å². The molecule has 0 unspecified atom stereocenters. The minimum absolute atomic E-state index is 0.585. The first-order valence-corrected chi connectivity index (χ1v) is 22.0. The van der Waals surface area contributed by atoms with Crippen LogP contribution in [0.2, 0.25) is 0 Å². The molecule has 2 nitrogen and oxygen atoms in total. The summed E-state index contributed by atoms with van der Waals surface area (Å²) in [5.74, 6) is 0.585. The van der Waals surface area contributed by atoms with E-state index in [1.807, 2.05) is 0 Å². The monoisotopic (exact) mass is 780 g/mol. The summed E-state index contributed by atoms with van der Waals surface area (Å²) < 4.78 is 14.3. The number of rotatable bonds is 4. The van der Waals surface area contributed by atoms with Crippen LogP contribution in [-0.2, 0) is 5.41 Å². The smallest absolute Gasteiger partial charge is 0.144 e. The summed E-state index contributed by atoms with van der Waals surface area (Å²) in [6, 6.07) is 65.5. The van der Waals surface area contributed by atoms with E-state index in [0.29, 0.717) is 5.92 Å². The Balaban J connectivity index is 1.18. The van der Waals surface area contributed by atoms with Crippen molar-refractivity contribution in [2.45, 2.75) is 43.4 Å². The number of benzene rings is 10. The zero-order valence-corrected chi connectivity index (χ0v) is 33.7. The summed E-state index contributed by atoms with van der Waals surface area (Å²) in [4.78, 5) is 0. The van der Waals surface area contributed by atoms with Gasteiger partial charge in [0.25, 0.3) is 0 Å². The molecular formula is C59H40O2. The van der Waals surface area contributed by atoms with Crippen LogP contribution in [0, 0.1) is 0 Å². The van der Waals surface area contributed by atoms with Crippen molar-refractivity contribution in [3.8, 4) is 22.3 Å². The molecule has 14 rings (SSSR count). The lowest BCUT2D eigenvalue weighted by Gasteiger charge is -2.34. The van der Waals surface area contributed by atoms with Gasteiger partial charge in [0.15, 0.2) is 0 Å². The van der Waals surface area contributed by atoms with Gasteiger partial charge in [0.2, 0.25) is 0 Å². The van der Waals surface area contributed by atoms with Crippen molar-refractivity contribution < 1.29 is 8.83 Å². The van der Waals surface area contributed by atoms with E-state index in [4.69, 9.17) is 8.83 Å². The number of fused-ring (bicyclic) bond motifs is 11. The quantitative estimate of drug-likeness (QED) is 0.166. The Morgan fingerprint density at radius 2 is 1.03 bits per heavy atom. The number of hydrogen-bond donors (Lipinski definition) is 0. The van der Waals surface area contributed by atoms with E-state index in [1.165, 1.54) is 103 Å². The number of hydrogen-bond acceptors (Lipinski definition) is 2. The SMILES string of the molecule is c1ccc(C2(c3ccccc3)c3ccc4c(oc5ccccc54)c3-c3c2cc(-c2ccc4c(C5CCCCC5)cc5cccc6ccc2c4c65)c2c3oc3ccccc32)cc1. The molecule has 0 spiro atoms. The highest BCUT2D eigenvalue weighted by atomic mass is 16.3. The molecule has 2 aromatic heterocycles. The van der Waals surface area contributed by atoms with Crippen LogP contribution in [0.1, 0.15) is 65.8 Å². The Kier molecular flexibility index (Phi) is 6.86. The summed E-state index contributed by atoms with van der Waals surface area (Å²) >= 11 is 0. The third kappa shape index (κ3) is 4.42. The first-order chi connectivity index (χ1) is 30.3. The van der Waals surface area contributed by atoms with Gasteiger partial charge in [-0.25, -0.2) is 0 Å². The summed E-state index contributed by atoms with van der Waals surface area (Å²) in [5, 5.41) is 12.6. The molecule has 61 heavy (non-hydrogen) atoms. The fourth-order valence-corrected chi connectivity index (χ4v) is 12.2. The number of para-hydroxylation sites is 2. The van der Waals surface area contributed by atoms with Gasteiger partial charge in [-0.3, -0.25) is 0 Å². The van der Waals surface area contributed by atoms with Crippen molar-refractivity contribution in [3.63, 3.8) is 0 Å². The molecule has 0 aliphatic heterocycles. The third-order valence-electron chi connectivity index (χ3n) is 14.7. The van der Waals surface area contributed by atoms with Crippen molar-refractivity contribution in [2.75, 3.05) is 0 Å². The Hall–Kier alpha value is -7.16. The first-order valence-electron chi connectivity index (χ1n) is 22.0. The third-order valence-corrected chi connectivity index (χ3v) is 14.7. The van der Waals surface area contributed by atoms with Gasteiger partial charge < -0.3 is 8.83 Å². The molecular weight excluding hydrogens is 741 g/mol. The molecule has 2 aliphatic rings. The standard InChI is InChI=1S/C59H40O2/c1-4-15-35(16-5-1)46-33-37-18-14-17-36-27-28-42-40(29-30-43(46)53(42)52(36)37)47-34-49-56(58-54(47)45-24-11-13-26-51(45)61-58)55-48(32-31-44-41-23-10-12-25-50(41)60-57(44)55)59(49,38-19-6-2-7-20-38)39-21-8-3-9-22-39/h2-3,6-14,17-35H,1,4-5,15-16H2. The van der Waals surface area contributed by atoms with Gasteiger partial charge in [-0.15, -0.1) is 0 Å². The average molecular weight is 781 g/mol. The summed E-state index contributed by atoms with van der Waals surface area (Å²) in [7, 11) is 0.